The Labute approximate surface area is 176 Å². The summed E-state index contributed by atoms with van der Waals surface area (Å²) in [5.74, 6) is 1.02. The van der Waals surface area contributed by atoms with Gasteiger partial charge in [-0.15, -0.1) is 0 Å². The molecule has 1 aromatic rings. The molecule has 0 amide bonds. The van der Waals surface area contributed by atoms with Gasteiger partial charge in [0.1, 0.15) is 11.9 Å². The Bertz CT molecular complexity index is 614. The average molecular weight is 403 g/mol. The smallest absolute Gasteiger partial charge is 0.119 e. The summed E-state index contributed by atoms with van der Waals surface area (Å²) in [6.07, 6.45) is 4.79. The Morgan fingerprint density at radius 2 is 1.55 bits per heavy atom. The third-order valence-corrected chi connectivity index (χ3v) is 7.06. The van der Waals surface area contributed by atoms with Gasteiger partial charge < -0.3 is 19.1 Å². The molecule has 162 valence electrons. The van der Waals surface area contributed by atoms with Crippen molar-refractivity contribution in [3.05, 3.63) is 29.8 Å². The van der Waals surface area contributed by atoms with Crippen LogP contribution < -0.4 is 4.74 Å². The molecule has 0 spiro atoms. The van der Waals surface area contributed by atoms with Gasteiger partial charge in [0.25, 0.3) is 0 Å². The van der Waals surface area contributed by atoms with Gasteiger partial charge in [0.05, 0.1) is 13.2 Å². The average Bonchev–Trinajstić information content (AvgIpc) is 2.76. The van der Waals surface area contributed by atoms with E-state index in [4.69, 9.17) is 14.2 Å². The van der Waals surface area contributed by atoms with Gasteiger partial charge in [-0.2, -0.15) is 0 Å². The van der Waals surface area contributed by atoms with Crippen molar-refractivity contribution >= 4 is 0 Å². The number of hydrogen-bond acceptors (Lipinski definition) is 5. The molecule has 0 N–H and O–H groups in total. The van der Waals surface area contributed by atoms with Crippen LogP contribution in [0.3, 0.4) is 0 Å². The molecule has 5 heteroatoms. The molecule has 0 aliphatic carbocycles. The van der Waals surface area contributed by atoms with Crippen molar-refractivity contribution in [1.82, 2.24) is 9.80 Å². The largest absolute Gasteiger partial charge is 0.490 e. The van der Waals surface area contributed by atoms with E-state index in [2.05, 4.69) is 47.9 Å². The zero-order valence-corrected chi connectivity index (χ0v) is 18.3. The Hall–Kier alpha value is -1.14. The van der Waals surface area contributed by atoms with Gasteiger partial charge in [-0.25, -0.2) is 0 Å². The second-order valence-electron chi connectivity index (χ2n) is 9.25. The van der Waals surface area contributed by atoms with Crippen molar-refractivity contribution in [2.24, 2.45) is 0 Å². The van der Waals surface area contributed by atoms with E-state index in [1.807, 2.05) is 0 Å². The maximum absolute atomic E-state index is 6.33. The fraction of sp³-hybridized carbons (Fsp3) is 0.750. The molecule has 4 rings (SSSR count). The van der Waals surface area contributed by atoms with Gasteiger partial charge in [-0.05, 0) is 57.2 Å². The summed E-state index contributed by atoms with van der Waals surface area (Å²) in [6.45, 7) is 13.5. The van der Waals surface area contributed by atoms with Gasteiger partial charge in [0.15, 0.2) is 0 Å². The minimum Gasteiger partial charge on any atom is -0.490 e. The van der Waals surface area contributed by atoms with E-state index >= 15 is 0 Å². The molecule has 0 unspecified atom stereocenters. The Morgan fingerprint density at radius 1 is 0.931 bits per heavy atom. The number of hydrogen-bond donors (Lipinski definition) is 0. The van der Waals surface area contributed by atoms with E-state index in [1.54, 1.807) is 0 Å². The van der Waals surface area contributed by atoms with Crippen molar-refractivity contribution in [1.29, 1.82) is 0 Å². The Morgan fingerprint density at radius 3 is 2.17 bits per heavy atom. The Kier molecular flexibility index (Phi) is 7.12. The second kappa shape index (κ2) is 9.78. The van der Waals surface area contributed by atoms with Gasteiger partial charge in [-0.1, -0.05) is 12.1 Å². The summed E-state index contributed by atoms with van der Waals surface area (Å²) >= 11 is 0. The lowest BCUT2D eigenvalue weighted by Crippen LogP contribution is -2.48. The van der Waals surface area contributed by atoms with Crippen LogP contribution >= 0.6 is 0 Å². The third kappa shape index (κ3) is 5.32. The third-order valence-electron chi connectivity index (χ3n) is 7.06. The Balaban J connectivity index is 1.39. The molecular formula is C24H38N2O3. The lowest BCUT2D eigenvalue weighted by molar-refractivity contribution is -0.00120. The molecule has 3 fully saturated rings. The molecular weight excluding hydrogens is 364 g/mol. The molecule has 0 saturated carbocycles. The molecule has 1 aromatic carbocycles. The molecule has 0 bridgehead atoms. The van der Waals surface area contributed by atoms with E-state index in [9.17, 15) is 0 Å². The highest BCUT2D eigenvalue weighted by molar-refractivity contribution is 5.33. The fourth-order valence-electron chi connectivity index (χ4n) is 5.08. The molecule has 0 radical (unpaired) electrons. The summed E-state index contributed by atoms with van der Waals surface area (Å²) in [7, 11) is 0. The lowest BCUT2D eigenvalue weighted by atomic mass is 9.73. The molecule has 5 nitrogen and oxygen atoms in total. The van der Waals surface area contributed by atoms with E-state index < -0.39 is 0 Å². The summed E-state index contributed by atoms with van der Waals surface area (Å²) in [4.78, 5) is 5.12. The highest BCUT2D eigenvalue weighted by atomic mass is 16.5. The number of nitrogens with zero attached hydrogens (tertiary/aromatic N) is 2. The predicted molar refractivity (Wildman–Crippen MR) is 116 cm³/mol. The highest BCUT2D eigenvalue weighted by Gasteiger charge is 2.36. The lowest BCUT2D eigenvalue weighted by Gasteiger charge is -2.42. The van der Waals surface area contributed by atoms with Gasteiger partial charge in [-0.3, -0.25) is 4.90 Å². The molecule has 0 atom stereocenters. The normalized spacial score (nSPS) is 24.7. The summed E-state index contributed by atoms with van der Waals surface area (Å²) in [6, 6.07) is 9.65. The zero-order chi connectivity index (χ0) is 20.1. The van der Waals surface area contributed by atoms with Crippen LogP contribution in [0.2, 0.25) is 0 Å². The highest BCUT2D eigenvalue weighted by Crippen LogP contribution is 2.37. The fourth-order valence-corrected chi connectivity index (χ4v) is 5.08. The SMILES string of the molecule is CC(C)N1CCC(Oc2ccc(C3(CN4CCOCC4)CCOCC3)cc2)CC1. The van der Waals surface area contributed by atoms with Crippen LogP contribution in [0.5, 0.6) is 5.75 Å². The first-order valence-corrected chi connectivity index (χ1v) is 11.5. The van der Waals surface area contributed by atoms with Crippen LogP contribution in [0.25, 0.3) is 0 Å². The maximum Gasteiger partial charge on any atom is 0.119 e. The van der Waals surface area contributed by atoms with Crippen molar-refractivity contribution in [2.75, 3.05) is 59.2 Å². The standard InChI is InChI=1S/C24H38N2O3/c1-20(2)26-11-7-23(8-12-26)29-22-5-3-21(4-6-22)24(9-15-27-16-10-24)19-25-13-17-28-18-14-25/h3-6,20,23H,7-19H2,1-2H3. The molecule has 3 aliphatic rings. The van der Waals surface area contributed by atoms with Crippen LogP contribution in [0.15, 0.2) is 24.3 Å². The van der Waals surface area contributed by atoms with Gasteiger partial charge in [0, 0.05) is 57.4 Å². The van der Waals surface area contributed by atoms with Crippen LogP contribution in [-0.2, 0) is 14.9 Å². The number of benzene rings is 1. The molecule has 3 heterocycles. The van der Waals surface area contributed by atoms with E-state index in [-0.39, 0.29) is 5.41 Å². The monoisotopic (exact) mass is 402 g/mol. The van der Waals surface area contributed by atoms with Crippen molar-refractivity contribution in [3.8, 4) is 5.75 Å². The molecule has 29 heavy (non-hydrogen) atoms. The van der Waals surface area contributed by atoms with Crippen molar-refractivity contribution in [3.63, 3.8) is 0 Å². The number of ether oxygens (including phenoxy) is 3. The van der Waals surface area contributed by atoms with Crippen LogP contribution in [0.1, 0.15) is 45.1 Å². The zero-order valence-electron chi connectivity index (χ0n) is 18.3. The minimum atomic E-state index is 0.191. The van der Waals surface area contributed by atoms with E-state index in [0.717, 1.165) is 90.6 Å². The summed E-state index contributed by atoms with van der Waals surface area (Å²) in [5.41, 5.74) is 1.63. The first kappa shape index (κ1) is 21.1. The quantitative estimate of drug-likeness (QED) is 0.729. The van der Waals surface area contributed by atoms with Crippen molar-refractivity contribution < 1.29 is 14.2 Å². The van der Waals surface area contributed by atoms with Crippen LogP contribution in [-0.4, -0.2) is 81.1 Å². The number of likely N-dealkylation sites (tertiary alicyclic amines) is 1. The predicted octanol–water partition coefficient (Wildman–Crippen LogP) is 3.32. The summed E-state index contributed by atoms with van der Waals surface area (Å²) < 4.78 is 17.6. The molecule has 0 aromatic heterocycles. The van der Waals surface area contributed by atoms with Crippen molar-refractivity contribution in [2.45, 2.75) is 57.1 Å². The number of morpholine rings is 1. The summed E-state index contributed by atoms with van der Waals surface area (Å²) in [5, 5.41) is 0. The molecule has 3 saturated heterocycles. The topological polar surface area (TPSA) is 34.2 Å². The second-order valence-corrected chi connectivity index (χ2v) is 9.25. The maximum atomic E-state index is 6.33. The first-order chi connectivity index (χ1) is 14.1. The van der Waals surface area contributed by atoms with Crippen LogP contribution in [0.4, 0.5) is 0 Å². The number of piperidine rings is 1. The minimum absolute atomic E-state index is 0.191. The van der Waals surface area contributed by atoms with Gasteiger partial charge in [0.2, 0.25) is 0 Å². The number of rotatable bonds is 6. The first-order valence-electron chi connectivity index (χ1n) is 11.5. The molecule has 3 aliphatic heterocycles. The van der Waals surface area contributed by atoms with E-state index in [1.165, 1.54) is 5.56 Å². The van der Waals surface area contributed by atoms with Crippen LogP contribution in [0, 0.1) is 0 Å². The van der Waals surface area contributed by atoms with Gasteiger partial charge >= 0.3 is 0 Å². The van der Waals surface area contributed by atoms with E-state index in [0.29, 0.717) is 12.1 Å².